The van der Waals surface area contributed by atoms with E-state index in [2.05, 4.69) is 22.2 Å². The number of hydrogen-bond acceptors (Lipinski definition) is 5. The zero-order valence-corrected chi connectivity index (χ0v) is 18.6. The highest BCUT2D eigenvalue weighted by Crippen LogP contribution is 2.24. The molecule has 0 bridgehead atoms. The summed E-state index contributed by atoms with van der Waals surface area (Å²) < 4.78 is 31.3. The number of sulfonamides is 1. The van der Waals surface area contributed by atoms with E-state index in [-0.39, 0.29) is 23.0 Å². The molecule has 0 saturated carbocycles. The molecule has 0 aromatic heterocycles. The Hall–Kier alpha value is -2.71. The lowest BCUT2D eigenvalue weighted by molar-refractivity contribution is -0.124. The van der Waals surface area contributed by atoms with Gasteiger partial charge in [0.25, 0.3) is 5.91 Å². The summed E-state index contributed by atoms with van der Waals surface area (Å²) >= 11 is 0. The lowest BCUT2D eigenvalue weighted by Gasteiger charge is -2.20. The lowest BCUT2D eigenvalue weighted by Crippen LogP contribution is -2.31. The van der Waals surface area contributed by atoms with Crippen molar-refractivity contribution < 1.29 is 22.7 Å². The van der Waals surface area contributed by atoms with Crippen LogP contribution in [-0.2, 0) is 32.4 Å². The number of fused-ring (bicyclic) bond motifs is 1. The third-order valence-corrected chi connectivity index (χ3v) is 6.88. The van der Waals surface area contributed by atoms with E-state index >= 15 is 0 Å². The summed E-state index contributed by atoms with van der Waals surface area (Å²) in [5.41, 5.74) is 3.92. The van der Waals surface area contributed by atoms with Crippen LogP contribution in [0.4, 0.5) is 0 Å². The van der Waals surface area contributed by atoms with Gasteiger partial charge in [0.15, 0.2) is 6.61 Å². The second-order valence-electron chi connectivity index (χ2n) is 7.63. The largest absolute Gasteiger partial charge is 0.452 e. The number of carbonyl (C=O) groups excluding carboxylic acids is 2. The molecular weight excluding hydrogens is 416 g/mol. The highest BCUT2D eigenvalue weighted by molar-refractivity contribution is 7.89. The molecule has 31 heavy (non-hydrogen) atoms. The van der Waals surface area contributed by atoms with Crippen LogP contribution in [0.1, 0.15) is 59.8 Å². The monoisotopic (exact) mass is 444 g/mol. The molecule has 2 aromatic carbocycles. The molecule has 8 heteroatoms. The van der Waals surface area contributed by atoms with E-state index in [1.165, 1.54) is 48.2 Å². The van der Waals surface area contributed by atoms with Gasteiger partial charge in [-0.2, -0.15) is 0 Å². The number of ether oxygens (including phenoxy) is 1. The average Bonchev–Trinajstić information content (AvgIpc) is 2.77. The maximum Gasteiger partial charge on any atom is 0.338 e. The van der Waals surface area contributed by atoms with Gasteiger partial charge in [-0.05, 0) is 73.6 Å². The fourth-order valence-electron chi connectivity index (χ4n) is 3.65. The first kappa shape index (κ1) is 23.0. The topological polar surface area (TPSA) is 102 Å². The van der Waals surface area contributed by atoms with E-state index in [0.717, 1.165) is 18.4 Å². The molecule has 2 N–H and O–H groups in total. The number of hydrogen-bond donors (Lipinski definition) is 2. The summed E-state index contributed by atoms with van der Waals surface area (Å²) in [5, 5.41) is 2.85. The van der Waals surface area contributed by atoms with Crippen LogP contribution < -0.4 is 10.0 Å². The van der Waals surface area contributed by atoms with Crippen LogP contribution in [0.25, 0.3) is 0 Å². The van der Waals surface area contributed by atoms with Crippen molar-refractivity contribution in [3.8, 4) is 0 Å². The van der Waals surface area contributed by atoms with Crippen molar-refractivity contribution in [2.75, 3.05) is 13.2 Å². The quantitative estimate of drug-likeness (QED) is 0.610. The minimum absolute atomic E-state index is 0.0579. The lowest BCUT2D eigenvalue weighted by atomic mass is 9.89. The second-order valence-corrected chi connectivity index (χ2v) is 9.39. The van der Waals surface area contributed by atoms with Gasteiger partial charge >= 0.3 is 5.97 Å². The van der Waals surface area contributed by atoms with E-state index in [1.54, 1.807) is 6.92 Å². The number of aryl methyl sites for hydroxylation is 2. The Labute approximate surface area is 183 Å². The standard InChI is InChI=1S/C23H28N2O5S/c1-3-24-31(28,29)21-12-10-18(11-13-21)23(27)30-15-22(26)25-16(2)19-9-8-17-6-4-5-7-20(17)14-19/h8-14,16,24H,3-7,15H2,1-2H3,(H,25,26). The van der Waals surface area contributed by atoms with E-state index in [1.807, 2.05) is 13.0 Å². The Morgan fingerprint density at radius 1 is 1.03 bits per heavy atom. The van der Waals surface area contributed by atoms with Crippen molar-refractivity contribution in [2.24, 2.45) is 0 Å². The molecule has 3 rings (SSSR count). The Bertz CT molecular complexity index is 1050. The smallest absolute Gasteiger partial charge is 0.338 e. The summed E-state index contributed by atoms with van der Waals surface area (Å²) in [5.74, 6) is -1.09. The minimum atomic E-state index is -3.59. The van der Waals surface area contributed by atoms with Gasteiger partial charge in [-0.3, -0.25) is 4.79 Å². The minimum Gasteiger partial charge on any atom is -0.452 e. The summed E-state index contributed by atoms with van der Waals surface area (Å²) in [4.78, 5) is 24.5. The fourth-order valence-corrected chi connectivity index (χ4v) is 4.69. The van der Waals surface area contributed by atoms with Gasteiger partial charge in [-0.15, -0.1) is 0 Å². The zero-order valence-electron chi connectivity index (χ0n) is 17.8. The summed E-state index contributed by atoms with van der Waals surface area (Å²) in [7, 11) is -3.59. The van der Waals surface area contributed by atoms with Gasteiger partial charge in [-0.25, -0.2) is 17.9 Å². The first-order valence-corrected chi connectivity index (χ1v) is 12.0. The zero-order chi connectivity index (χ0) is 22.4. The number of benzene rings is 2. The SMILES string of the molecule is CCNS(=O)(=O)c1ccc(C(=O)OCC(=O)NC(C)c2ccc3c(c2)CCCC3)cc1. The van der Waals surface area contributed by atoms with Crippen molar-refractivity contribution in [1.82, 2.24) is 10.0 Å². The Balaban J connectivity index is 1.52. The molecule has 1 aliphatic carbocycles. The first-order chi connectivity index (χ1) is 14.8. The van der Waals surface area contributed by atoms with E-state index in [4.69, 9.17) is 4.74 Å². The molecule has 166 valence electrons. The van der Waals surface area contributed by atoms with Crippen molar-refractivity contribution in [3.05, 3.63) is 64.7 Å². The highest BCUT2D eigenvalue weighted by Gasteiger charge is 2.17. The molecule has 1 amide bonds. The third-order valence-electron chi connectivity index (χ3n) is 5.32. The molecule has 7 nitrogen and oxygen atoms in total. The first-order valence-electron chi connectivity index (χ1n) is 10.5. The second kappa shape index (κ2) is 10.1. The summed E-state index contributed by atoms with van der Waals surface area (Å²) in [6.45, 7) is 3.44. The molecule has 0 aliphatic heterocycles. The number of amides is 1. The van der Waals surface area contributed by atoms with Crippen LogP contribution in [-0.4, -0.2) is 33.4 Å². The predicted octanol–water partition coefficient (Wildman–Crippen LogP) is 2.90. The predicted molar refractivity (Wildman–Crippen MR) is 117 cm³/mol. The van der Waals surface area contributed by atoms with Crippen molar-refractivity contribution >= 4 is 21.9 Å². The maximum atomic E-state index is 12.2. The number of carbonyl (C=O) groups is 2. The van der Waals surface area contributed by atoms with E-state index < -0.39 is 28.5 Å². The Kier molecular flexibility index (Phi) is 7.46. The third kappa shape index (κ3) is 5.92. The Morgan fingerprint density at radius 3 is 2.39 bits per heavy atom. The van der Waals surface area contributed by atoms with Crippen molar-refractivity contribution in [3.63, 3.8) is 0 Å². The number of esters is 1. The Morgan fingerprint density at radius 2 is 1.71 bits per heavy atom. The van der Waals surface area contributed by atoms with Crippen LogP contribution in [0.2, 0.25) is 0 Å². The van der Waals surface area contributed by atoms with E-state index in [0.29, 0.717) is 0 Å². The molecule has 1 unspecified atom stereocenters. The van der Waals surface area contributed by atoms with Gasteiger partial charge in [0.1, 0.15) is 0 Å². The van der Waals surface area contributed by atoms with Crippen molar-refractivity contribution in [2.45, 2.75) is 50.5 Å². The van der Waals surface area contributed by atoms with Crippen molar-refractivity contribution in [1.29, 1.82) is 0 Å². The van der Waals surface area contributed by atoms with Crippen LogP contribution in [0.3, 0.4) is 0 Å². The molecule has 1 atom stereocenters. The fraction of sp³-hybridized carbons (Fsp3) is 0.391. The van der Waals surface area contributed by atoms with Crippen LogP contribution in [0.15, 0.2) is 47.4 Å². The molecule has 0 fully saturated rings. The molecule has 1 aliphatic rings. The van der Waals surface area contributed by atoms with Crippen LogP contribution >= 0.6 is 0 Å². The van der Waals surface area contributed by atoms with Gasteiger partial charge in [-0.1, -0.05) is 25.1 Å². The molecule has 0 saturated heterocycles. The molecule has 0 heterocycles. The highest BCUT2D eigenvalue weighted by atomic mass is 32.2. The van der Waals surface area contributed by atoms with Gasteiger partial charge in [0, 0.05) is 6.54 Å². The van der Waals surface area contributed by atoms with Gasteiger partial charge in [0.2, 0.25) is 10.0 Å². The summed E-state index contributed by atoms with van der Waals surface area (Å²) in [6, 6.07) is 11.5. The molecule has 2 aromatic rings. The maximum absolute atomic E-state index is 12.2. The molecule has 0 radical (unpaired) electrons. The molecule has 0 spiro atoms. The molecular formula is C23H28N2O5S. The summed E-state index contributed by atoms with van der Waals surface area (Å²) in [6.07, 6.45) is 4.58. The van der Waals surface area contributed by atoms with Crippen LogP contribution in [0, 0.1) is 0 Å². The van der Waals surface area contributed by atoms with Crippen LogP contribution in [0.5, 0.6) is 0 Å². The van der Waals surface area contributed by atoms with Gasteiger partial charge in [0.05, 0.1) is 16.5 Å². The van der Waals surface area contributed by atoms with E-state index in [9.17, 15) is 18.0 Å². The van der Waals surface area contributed by atoms with Gasteiger partial charge < -0.3 is 10.1 Å². The average molecular weight is 445 g/mol. The normalized spacial score (nSPS) is 14.4. The number of rotatable bonds is 8. The number of nitrogens with one attached hydrogen (secondary N) is 2.